The zero-order chi connectivity index (χ0) is 12.0. The van der Waals surface area contributed by atoms with Crippen molar-refractivity contribution in [2.75, 3.05) is 33.2 Å². The first-order chi connectivity index (χ1) is 7.58. The van der Waals surface area contributed by atoms with Crippen LogP contribution in [0.1, 0.15) is 46.5 Å². The molecule has 0 radical (unpaired) electrons. The predicted octanol–water partition coefficient (Wildman–Crippen LogP) is 2.74. The van der Waals surface area contributed by atoms with Crippen LogP contribution < -0.4 is 5.32 Å². The Morgan fingerprint density at radius 3 is 2.38 bits per heavy atom. The third-order valence-corrected chi connectivity index (χ3v) is 4.11. The van der Waals surface area contributed by atoms with Crippen molar-refractivity contribution >= 4 is 0 Å². The molecule has 0 bridgehead atoms. The topological polar surface area (TPSA) is 15.3 Å². The summed E-state index contributed by atoms with van der Waals surface area (Å²) in [6, 6.07) is 0. The van der Waals surface area contributed by atoms with Gasteiger partial charge in [0.1, 0.15) is 0 Å². The molecule has 1 N–H and O–H groups in total. The molecule has 1 aliphatic rings. The van der Waals surface area contributed by atoms with E-state index in [1.54, 1.807) is 0 Å². The molecule has 0 aromatic heterocycles. The first-order valence-electron chi connectivity index (χ1n) is 6.97. The number of hydrogen-bond donors (Lipinski definition) is 1. The largest absolute Gasteiger partial charge is 0.317 e. The lowest BCUT2D eigenvalue weighted by Gasteiger charge is -2.40. The molecule has 96 valence electrons. The minimum Gasteiger partial charge on any atom is -0.317 e. The van der Waals surface area contributed by atoms with Gasteiger partial charge in [-0.2, -0.15) is 0 Å². The fourth-order valence-corrected chi connectivity index (χ4v) is 2.71. The minimum absolute atomic E-state index is 0.594. The first kappa shape index (κ1) is 14.0. The number of rotatable bonds is 6. The van der Waals surface area contributed by atoms with E-state index in [4.69, 9.17) is 0 Å². The molecule has 0 aromatic rings. The molecule has 0 aromatic carbocycles. The number of nitrogens with one attached hydrogen (secondary N) is 1. The van der Waals surface area contributed by atoms with Crippen LogP contribution >= 0.6 is 0 Å². The molecule has 0 saturated carbocycles. The molecule has 1 saturated heterocycles. The Morgan fingerprint density at radius 2 is 1.88 bits per heavy atom. The van der Waals surface area contributed by atoms with Crippen LogP contribution in [-0.4, -0.2) is 38.1 Å². The minimum atomic E-state index is 0.594. The van der Waals surface area contributed by atoms with Crippen LogP contribution in [-0.2, 0) is 0 Å². The van der Waals surface area contributed by atoms with Gasteiger partial charge < -0.3 is 10.2 Å². The summed E-state index contributed by atoms with van der Waals surface area (Å²) in [7, 11) is 2.29. The van der Waals surface area contributed by atoms with Crippen LogP contribution in [0.3, 0.4) is 0 Å². The van der Waals surface area contributed by atoms with Gasteiger partial charge in [0.15, 0.2) is 0 Å². The van der Waals surface area contributed by atoms with E-state index >= 15 is 0 Å². The van der Waals surface area contributed by atoms with Gasteiger partial charge in [0.2, 0.25) is 0 Å². The quantitative estimate of drug-likeness (QED) is 0.749. The van der Waals surface area contributed by atoms with Gasteiger partial charge in [0, 0.05) is 6.54 Å². The monoisotopic (exact) mass is 226 g/mol. The summed E-state index contributed by atoms with van der Waals surface area (Å²) in [6.07, 6.45) is 5.38. The lowest BCUT2D eigenvalue weighted by atomic mass is 9.76. The zero-order valence-corrected chi connectivity index (χ0v) is 11.7. The van der Waals surface area contributed by atoms with Crippen molar-refractivity contribution in [1.82, 2.24) is 10.2 Å². The molecule has 1 heterocycles. The van der Waals surface area contributed by atoms with E-state index in [-0.39, 0.29) is 0 Å². The summed E-state index contributed by atoms with van der Waals surface area (Å²) in [5.41, 5.74) is 0.594. The Bertz CT molecular complexity index is 183. The summed E-state index contributed by atoms with van der Waals surface area (Å²) in [6.45, 7) is 12.0. The fourth-order valence-electron chi connectivity index (χ4n) is 2.71. The molecule has 2 heteroatoms. The summed E-state index contributed by atoms with van der Waals surface area (Å²) in [5, 5.41) is 3.48. The summed E-state index contributed by atoms with van der Waals surface area (Å²) in [5.74, 6) is 0.827. The van der Waals surface area contributed by atoms with Gasteiger partial charge in [0.25, 0.3) is 0 Å². The molecule has 0 spiro atoms. The van der Waals surface area contributed by atoms with Crippen LogP contribution in [0.4, 0.5) is 0 Å². The van der Waals surface area contributed by atoms with Crippen LogP contribution in [0, 0.1) is 11.3 Å². The lowest BCUT2D eigenvalue weighted by Crippen LogP contribution is -2.43. The third-order valence-electron chi connectivity index (χ3n) is 4.11. The Morgan fingerprint density at radius 1 is 1.25 bits per heavy atom. The maximum absolute atomic E-state index is 3.48. The van der Waals surface area contributed by atoms with Gasteiger partial charge in [-0.15, -0.1) is 0 Å². The van der Waals surface area contributed by atoms with Gasteiger partial charge >= 0.3 is 0 Å². The van der Waals surface area contributed by atoms with Crippen molar-refractivity contribution in [2.45, 2.75) is 46.5 Å². The Labute approximate surface area is 102 Å². The van der Waals surface area contributed by atoms with Gasteiger partial charge in [-0.3, -0.25) is 0 Å². The van der Waals surface area contributed by atoms with Crippen molar-refractivity contribution in [3.05, 3.63) is 0 Å². The number of hydrogen-bond acceptors (Lipinski definition) is 2. The first-order valence-corrected chi connectivity index (χ1v) is 6.97. The molecule has 0 unspecified atom stereocenters. The highest BCUT2D eigenvalue weighted by Gasteiger charge is 2.30. The van der Waals surface area contributed by atoms with Gasteiger partial charge in [-0.05, 0) is 63.7 Å². The molecular weight excluding hydrogens is 196 g/mol. The number of nitrogens with zero attached hydrogens (tertiary/aromatic N) is 1. The van der Waals surface area contributed by atoms with E-state index in [0.29, 0.717) is 5.41 Å². The van der Waals surface area contributed by atoms with Gasteiger partial charge in [-0.25, -0.2) is 0 Å². The highest BCUT2D eigenvalue weighted by atomic mass is 15.1. The second kappa shape index (κ2) is 6.61. The summed E-state index contributed by atoms with van der Waals surface area (Å²) >= 11 is 0. The highest BCUT2D eigenvalue weighted by Crippen LogP contribution is 2.33. The average molecular weight is 226 g/mol. The van der Waals surface area contributed by atoms with Crippen molar-refractivity contribution in [3.8, 4) is 0 Å². The van der Waals surface area contributed by atoms with Crippen molar-refractivity contribution in [2.24, 2.45) is 11.3 Å². The maximum Gasteiger partial charge on any atom is 0.00358 e. The summed E-state index contributed by atoms with van der Waals surface area (Å²) in [4.78, 5) is 2.55. The SMILES string of the molecule is CCC1(CN(C)CCC(C)C)CCNCC1. The molecule has 1 fully saturated rings. The molecule has 1 rings (SSSR count). The van der Waals surface area contributed by atoms with E-state index in [9.17, 15) is 0 Å². The van der Waals surface area contributed by atoms with Crippen LogP contribution in [0.5, 0.6) is 0 Å². The second-order valence-corrected chi connectivity index (χ2v) is 6.02. The van der Waals surface area contributed by atoms with Crippen LogP contribution in [0.15, 0.2) is 0 Å². The highest BCUT2D eigenvalue weighted by molar-refractivity contribution is 4.85. The molecule has 0 amide bonds. The maximum atomic E-state index is 3.48. The Kier molecular flexibility index (Phi) is 5.77. The molecule has 0 aliphatic carbocycles. The second-order valence-electron chi connectivity index (χ2n) is 6.02. The molecule has 1 aliphatic heterocycles. The van der Waals surface area contributed by atoms with E-state index in [1.165, 1.54) is 51.9 Å². The molecule has 16 heavy (non-hydrogen) atoms. The fraction of sp³-hybridized carbons (Fsp3) is 1.00. The third kappa shape index (κ3) is 4.42. The Balaban J connectivity index is 2.36. The number of piperidine rings is 1. The van der Waals surface area contributed by atoms with Crippen LogP contribution in [0.25, 0.3) is 0 Å². The van der Waals surface area contributed by atoms with Crippen LogP contribution in [0.2, 0.25) is 0 Å². The van der Waals surface area contributed by atoms with Gasteiger partial charge in [-0.1, -0.05) is 20.8 Å². The Hall–Kier alpha value is -0.0800. The normalized spacial score (nSPS) is 20.6. The zero-order valence-electron chi connectivity index (χ0n) is 11.7. The smallest absolute Gasteiger partial charge is 0.00358 e. The van der Waals surface area contributed by atoms with E-state index in [0.717, 1.165) is 5.92 Å². The predicted molar refractivity (Wildman–Crippen MR) is 71.8 cm³/mol. The van der Waals surface area contributed by atoms with Crippen molar-refractivity contribution in [1.29, 1.82) is 0 Å². The summed E-state index contributed by atoms with van der Waals surface area (Å²) < 4.78 is 0. The van der Waals surface area contributed by atoms with E-state index in [1.807, 2.05) is 0 Å². The van der Waals surface area contributed by atoms with E-state index in [2.05, 4.69) is 38.0 Å². The van der Waals surface area contributed by atoms with Gasteiger partial charge in [0.05, 0.1) is 0 Å². The molecule has 2 nitrogen and oxygen atoms in total. The molecule has 0 atom stereocenters. The van der Waals surface area contributed by atoms with E-state index < -0.39 is 0 Å². The average Bonchev–Trinajstić information content (AvgIpc) is 2.28. The molecular formula is C14H30N2. The standard InChI is InChI=1S/C14H30N2/c1-5-14(7-9-15-10-8-14)12-16(4)11-6-13(2)3/h13,15H,5-12H2,1-4H3. The van der Waals surface area contributed by atoms with Crippen molar-refractivity contribution in [3.63, 3.8) is 0 Å². The lowest BCUT2D eigenvalue weighted by molar-refractivity contribution is 0.120. The van der Waals surface area contributed by atoms with Crippen molar-refractivity contribution < 1.29 is 0 Å².